The number of aromatic nitrogens is 1. The Hall–Kier alpha value is -3.61. The number of anilines is 1. The molecule has 0 bridgehead atoms. The predicted molar refractivity (Wildman–Crippen MR) is 120 cm³/mol. The minimum Gasteiger partial charge on any atom is -0.357 e. The van der Waals surface area contributed by atoms with Crippen molar-refractivity contribution >= 4 is 18.0 Å². The van der Waals surface area contributed by atoms with Gasteiger partial charge in [-0.3, -0.25) is 9.59 Å². The molecule has 32 heavy (non-hydrogen) atoms. The zero-order valence-electron chi connectivity index (χ0n) is 18.3. The lowest BCUT2D eigenvalue weighted by Crippen LogP contribution is -2.23. The van der Waals surface area contributed by atoms with Crippen LogP contribution < -0.4 is 10.2 Å². The van der Waals surface area contributed by atoms with Crippen LogP contribution in [0.2, 0.25) is 0 Å². The van der Waals surface area contributed by atoms with Crippen molar-refractivity contribution in [3.8, 4) is 0 Å². The van der Waals surface area contributed by atoms with Crippen molar-refractivity contribution in [1.82, 2.24) is 10.3 Å². The molecule has 0 spiro atoms. The summed E-state index contributed by atoms with van der Waals surface area (Å²) in [5, 5.41) is 2.41. The summed E-state index contributed by atoms with van der Waals surface area (Å²) in [7, 11) is 3.21. The predicted octanol–water partition coefficient (Wildman–Crippen LogP) is 4.11. The average molecular weight is 437 g/mol. The molecule has 0 unspecified atom stereocenters. The fraction of sp³-hybridized carbons (Fsp3) is 0.240. The molecule has 0 saturated carbocycles. The van der Waals surface area contributed by atoms with E-state index in [4.69, 9.17) is 0 Å². The van der Waals surface area contributed by atoms with Gasteiger partial charge < -0.3 is 10.2 Å². The first-order valence-corrected chi connectivity index (χ1v) is 10.2. The van der Waals surface area contributed by atoms with Gasteiger partial charge in [0.2, 0.25) is 0 Å². The van der Waals surface area contributed by atoms with Crippen LogP contribution in [-0.4, -0.2) is 37.8 Å². The molecule has 0 radical (unpaired) electrons. The van der Waals surface area contributed by atoms with Crippen LogP contribution in [0.3, 0.4) is 0 Å². The second-order valence-corrected chi connectivity index (χ2v) is 7.65. The summed E-state index contributed by atoms with van der Waals surface area (Å²) >= 11 is 0. The van der Waals surface area contributed by atoms with Gasteiger partial charge in [0.05, 0.1) is 5.56 Å². The monoisotopic (exact) mass is 437 g/mol. The summed E-state index contributed by atoms with van der Waals surface area (Å²) in [5.41, 5.74) is 3.92. The number of amides is 1. The van der Waals surface area contributed by atoms with E-state index in [9.17, 15) is 18.4 Å². The lowest BCUT2D eigenvalue weighted by atomic mass is 9.93. The van der Waals surface area contributed by atoms with E-state index >= 15 is 0 Å². The van der Waals surface area contributed by atoms with Crippen molar-refractivity contribution in [2.75, 3.05) is 25.5 Å². The highest BCUT2D eigenvalue weighted by atomic mass is 19.1. The van der Waals surface area contributed by atoms with Gasteiger partial charge in [0.15, 0.2) is 11.6 Å². The topological polar surface area (TPSA) is 62.3 Å². The lowest BCUT2D eigenvalue weighted by molar-refractivity contribution is 0.0958. The van der Waals surface area contributed by atoms with Crippen LogP contribution >= 0.6 is 0 Å². The molecule has 1 heterocycles. The molecule has 3 rings (SSSR count). The third-order valence-corrected chi connectivity index (χ3v) is 5.41. The Morgan fingerprint density at radius 2 is 1.91 bits per heavy atom. The van der Waals surface area contributed by atoms with Crippen LogP contribution in [0.4, 0.5) is 14.6 Å². The highest BCUT2D eigenvalue weighted by molar-refractivity contribution is 5.94. The van der Waals surface area contributed by atoms with E-state index < -0.39 is 17.5 Å². The molecule has 0 atom stereocenters. The largest absolute Gasteiger partial charge is 0.357 e. The highest BCUT2D eigenvalue weighted by Crippen LogP contribution is 2.22. The van der Waals surface area contributed by atoms with E-state index in [0.717, 1.165) is 23.0 Å². The van der Waals surface area contributed by atoms with Gasteiger partial charge in [0.25, 0.3) is 5.91 Å². The number of carbonyl (C=O) groups is 2. The molecule has 0 aliphatic heterocycles. The van der Waals surface area contributed by atoms with Gasteiger partial charge >= 0.3 is 0 Å². The summed E-state index contributed by atoms with van der Waals surface area (Å²) in [6.45, 7) is 2.41. The molecule has 2 aromatic carbocycles. The van der Waals surface area contributed by atoms with Crippen LogP contribution in [0.1, 0.15) is 43.0 Å². The normalized spacial score (nSPS) is 10.7. The number of benzene rings is 2. The van der Waals surface area contributed by atoms with Gasteiger partial charge in [-0.1, -0.05) is 12.1 Å². The second-order valence-electron chi connectivity index (χ2n) is 7.65. The van der Waals surface area contributed by atoms with Crippen molar-refractivity contribution in [1.29, 1.82) is 0 Å². The van der Waals surface area contributed by atoms with Crippen LogP contribution in [0.15, 0.2) is 48.7 Å². The number of pyridine rings is 1. The third-order valence-electron chi connectivity index (χ3n) is 5.41. The SMILES string of the molecule is CNC(=O)c1ccc(Cc2cc(C)c(CCN(C)c3ncccc3F)c(C=O)c2)cc1F. The molecule has 5 nitrogen and oxygen atoms in total. The molecule has 1 N–H and O–H groups in total. The van der Waals surface area contributed by atoms with Crippen LogP contribution in [0, 0.1) is 18.6 Å². The quantitative estimate of drug-likeness (QED) is 0.539. The molecule has 0 aliphatic carbocycles. The number of aryl methyl sites for hydroxylation is 1. The number of rotatable bonds is 8. The van der Waals surface area contributed by atoms with Crippen LogP contribution in [-0.2, 0) is 12.8 Å². The molecule has 0 aliphatic rings. The van der Waals surface area contributed by atoms with Crippen LogP contribution in [0.5, 0.6) is 0 Å². The zero-order chi connectivity index (χ0) is 23.3. The molecule has 0 saturated heterocycles. The van der Waals surface area contributed by atoms with Crippen LogP contribution in [0.25, 0.3) is 0 Å². The van der Waals surface area contributed by atoms with Gasteiger partial charge in [0, 0.05) is 32.4 Å². The second kappa shape index (κ2) is 10.1. The number of likely N-dealkylation sites (N-methyl/N-ethyl adjacent to an activating group) is 1. The van der Waals surface area contributed by atoms with Crippen molar-refractivity contribution in [2.45, 2.75) is 19.8 Å². The number of aldehydes is 1. The summed E-state index contributed by atoms with van der Waals surface area (Å²) in [6.07, 6.45) is 3.31. The Morgan fingerprint density at radius 1 is 1.12 bits per heavy atom. The zero-order valence-corrected chi connectivity index (χ0v) is 18.3. The smallest absolute Gasteiger partial charge is 0.253 e. The molecular weight excluding hydrogens is 412 g/mol. The molecule has 3 aromatic rings. The fourth-order valence-electron chi connectivity index (χ4n) is 3.74. The first kappa shape index (κ1) is 23.1. The van der Waals surface area contributed by atoms with Gasteiger partial charge in [-0.2, -0.15) is 0 Å². The standard InChI is InChI=1S/C25H25F2N3O2/c1-16-11-18(12-17-6-7-21(23(27)14-17)25(32)28-2)13-19(15-31)20(16)8-10-30(3)24-22(26)5-4-9-29-24/h4-7,9,11,13-15H,8,10,12H2,1-3H3,(H,28,32). The molecule has 1 aromatic heterocycles. The highest BCUT2D eigenvalue weighted by Gasteiger charge is 2.14. The van der Waals surface area contributed by atoms with E-state index in [2.05, 4.69) is 10.3 Å². The Kier molecular flexibility index (Phi) is 7.30. The maximum atomic E-state index is 14.3. The van der Waals surface area contributed by atoms with E-state index in [0.29, 0.717) is 30.5 Å². The molecular formula is C25H25F2N3O2. The molecule has 7 heteroatoms. The van der Waals surface area contributed by atoms with E-state index in [1.165, 1.54) is 37.5 Å². The Morgan fingerprint density at radius 3 is 2.56 bits per heavy atom. The maximum absolute atomic E-state index is 14.3. The average Bonchev–Trinajstić information content (AvgIpc) is 2.77. The Bertz CT molecular complexity index is 1150. The van der Waals surface area contributed by atoms with Crippen molar-refractivity contribution in [2.24, 2.45) is 0 Å². The number of nitrogens with zero attached hydrogens (tertiary/aromatic N) is 2. The van der Waals surface area contributed by atoms with Crippen molar-refractivity contribution in [3.63, 3.8) is 0 Å². The van der Waals surface area contributed by atoms with Crippen molar-refractivity contribution < 1.29 is 18.4 Å². The summed E-state index contributed by atoms with van der Waals surface area (Å²) in [4.78, 5) is 29.2. The lowest BCUT2D eigenvalue weighted by Gasteiger charge is -2.20. The number of hydrogen-bond donors (Lipinski definition) is 1. The van der Waals surface area contributed by atoms with E-state index in [1.807, 2.05) is 13.0 Å². The molecule has 1 amide bonds. The van der Waals surface area contributed by atoms with E-state index in [1.54, 1.807) is 24.1 Å². The summed E-state index contributed by atoms with van der Waals surface area (Å²) in [6, 6.07) is 11.2. The van der Waals surface area contributed by atoms with Gasteiger partial charge in [-0.05, 0) is 72.4 Å². The minimum atomic E-state index is -0.587. The number of nitrogens with one attached hydrogen (secondary N) is 1. The summed E-state index contributed by atoms with van der Waals surface area (Å²) < 4.78 is 28.2. The first-order valence-electron chi connectivity index (χ1n) is 10.2. The third kappa shape index (κ3) is 5.17. The van der Waals surface area contributed by atoms with E-state index in [-0.39, 0.29) is 11.4 Å². The van der Waals surface area contributed by atoms with Gasteiger partial charge in [0.1, 0.15) is 12.1 Å². The minimum absolute atomic E-state index is 0.00942. The summed E-state index contributed by atoms with van der Waals surface area (Å²) in [5.74, 6) is -1.20. The van der Waals surface area contributed by atoms with Gasteiger partial charge in [-0.25, -0.2) is 13.8 Å². The van der Waals surface area contributed by atoms with Gasteiger partial charge in [-0.15, -0.1) is 0 Å². The number of carbonyl (C=O) groups excluding carboxylic acids is 2. The molecule has 0 fully saturated rings. The number of hydrogen-bond acceptors (Lipinski definition) is 4. The van der Waals surface area contributed by atoms with Crippen molar-refractivity contribution in [3.05, 3.63) is 93.7 Å². The first-order chi connectivity index (χ1) is 15.3. The number of halogens is 2. The maximum Gasteiger partial charge on any atom is 0.253 e. The molecule has 166 valence electrons. The Balaban J connectivity index is 1.78. The fourth-order valence-corrected chi connectivity index (χ4v) is 3.74. The Labute approximate surface area is 186 Å².